The number of benzene rings is 3. The summed E-state index contributed by atoms with van der Waals surface area (Å²) >= 11 is 0. The number of phenols is 2. The van der Waals surface area contributed by atoms with Crippen LogP contribution < -0.4 is 25.3 Å². The normalized spacial score (nSPS) is 17.1. The first-order chi connectivity index (χ1) is 24.5. The molecule has 272 valence electrons. The first kappa shape index (κ1) is 38.3. The number of phenolic OH excluding ortho intramolecular Hbond substituents is 2. The van der Waals surface area contributed by atoms with E-state index in [0.717, 1.165) is 5.56 Å². The second-order valence-corrected chi connectivity index (χ2v) is 12.5. The number of carbonyl (C=O) groups excluding carboxylic acids is 4. The lowest BCUT2D eigenvalue weighted by Crippen LogP contribution is -2.46. The molecule has 0 aromatic heterocycles. The first-order valence-corrected chi connectivity index (χ1v) is 16.9. The molecule has 0 radical (unpaired) electrons. The summed E-state index contributed by atoms with van der Waals surface area (Å²) in [4.78, 5) is 52.2. The summed E-state index contributed by atoms with van der Waals surface area (Å²) in [6.45, 7) is 1.70. The minimum Gasteiger partial charge on any atom is -0.507 e. The molecule has 0 aliphatic carbocycles. The Morgan fingerprint density at radius 2 is 1.65 bits per heavy atom. The van der Waals surface area contributed by atoms with E-state index in [1.807, 2.05) is 6.07 Å². The molecule has 1 heterocycles. The van der Waals surface area contributed by atoms with Crippen molar-refractivity contribution in [3.63, 3.8) is 0 Å². The van der Waals surface area contributed by atoms with Crippen molar-refractivity contribution in [2.45, 2.75) is 76.4 Å². The van der Waals surface area contributed by atoms with Crippen molar-refractivity contribution in [3.05, 3.63) is 82.4 Å². The number of aromatic hydroxyl groups is 2. The van der Waals surface area contributed by atoms with Crippen LogP contribution in [-0.4, -0.2) is 67.3 Å². The lowest BCUT2D eigenvalue weighted by Gasteiger charge is -2.25. The zero-order valence-corrected chi connectivity index (χ0v) is 29.4. The van der Waals surface area contributed by atoms with Gasteiger partial charge in [0.05, 0.1) is 27.4 Å². The Morgan fingerprint density at radius 3 is 2.27 bits per heavy atom. The van der Waals surface area contributed by atoms with E-state index < -0.39 is 53.8 Å². The summed E-state index contributed by atoms with van der Waals surface area (Å²) in [7, 11) is 4.28. The van der Waals surface area contributed by atoms with Gasteiger partial charge in [0.25, 0.3) is 0 Å². The number of methoxy groups -OCH3 is 3. The summed E-state index contributed by atoms with van der Waals surface area (Å²) in [5, 5.41) is 26.2. The number of primary amides is 1. The fourth-order valence-electron chi connectivity index (χ4n) is 6.22. The van der Waals surface area contributed by atoms with E-state index in [4.69, 9.17) is 24.7 Å². The molecular weight excluding hydrogens is 656 g/mol. The predicted octanol–water partition coefficient (Wildman–Crippen LogP) is 5.34. The molecule has 1 unspecified atom stereocenters. The molecule has 2 amide bonds. The Kier molecular flexibility index (Phi) is 13.5. The van der Waals surface area contributed by atoms with Crippen LogP contribution in [0.2, 0.25) is 0 Å². The van der Waals surface area contributed by atoms with Gasteiger partial charge in [0.1, 0.15) is 28.9 Å². The van der Waals surface area contributed by atoms with Crippen LogP contribution in [0.15, 0.2) is 54.6 Å². The van der Waals surface area contributed by atoms with E-state index in [0.29, 0.717) is 44.1 Å². The SMILES string of the molecule is COc1cc(C(CC(=O)N[C@@H](Cc2ccccc2)C(N)=O)c2c(O)cc3c(c2O)C(=O)O[C@@H](C)CCCC(=O)CCC/C=C/3)cc(OC)c1OC. The van der Waals surface area contributed by atoms with Crippen LogP contribution in [0.3, 0.4) is 0 Å². The second-order valence-electron chi connectivity index (χ2n) is 12.5. The molecule has 12 nitrogen and oxygen atoms in total. The van der Waals surface area contributed by atoms with Gasteiger partial charge in [0.2, 0.25) is 17.6 Å². The number of hydrogen-bond donors (Lipinski definition) is 4. The number of nitrogens with two attached hydrogens (primary N) is 1. The first-order valence-electron chi connectivity index (χ1n) is 16.9. The summed E-state index contributed by atoms with van der Waals surface area (Å²) < 4.78 is 22.3. The minimum absolute atomic E-state index is 0.136. The smallest absolute Gasteiger partial charge is 0.342 e. The van der Waals surface area contributed by atoms with Gasteiger partial charge in [-0.05, 0) is 67.5 Å². The highest BCUT2D eigenvalue weighted by Crippen LogP contribution is 2.47. The monoisotopic (exact) mass is 702 g/mol. The standard InChI is InChI=1S/C39H46N2O10/c1-23-12-11-17-27(42)16-10-6-9-15-25-19-30(43)35(36(45)34(25)39(47)51-23)28(26-20-31(48-2)37(50-4)32(21-26)49-3)22-33(44)41-29(38(40)46)18-24-13-7-5-8-14-24/h5,7-9,13-15,19-21,23,28-29,43,45H,6,10-12,16-18,22H2,1-4H3,(H2,40,46)(H,41,44)/b15-9+/t23-,28?,29-/m0/s1. The molecule has 51 heavy (non-hydrogen) atoms. The van der Waals surface area contributed by atoms with Crippen LogP contribution in [0.1, 0.15) is 90.4 Å². The largest absolute Gasteiger partial charge is 0.507 e. The Hall–Kier alpha value is -5.52. The lowest BCUT2D eigenvalue weighted by molar-refractivity contribution is -0.127. The fraction of sp³-hybridized carbons (Fsp3) is 0.385. The maximum Gasteiger partial charge on any atom is 0.342 e. The van der Waals surface area contributed by atoms with Crippen molar-refractivity contribution in [1.29, 1.82) is 0 Å². The fourth-order valence-corrected chi connectivity index (χ4v) is 6.22. The maximum atomic E-state index is 13.8. The summed E-state index contributed by atoms with van der Waals surface area (Å²) in [5.41, 5.74) is 6.67. The van der Waals surface area contributed by atoms with Crippen molar-refractivity contribution < 1.29 is 48.3 Å². The third kappa shape index (κ3) is 9.80. The number of Topliss-reactive ketones (excluding diaryl/α,β-unsaturated/α-hetero) is 1. The Bertz CT molecular complexity index is 1730. The van der Waals surface area contributed by atoms with Crippen molar-refractivity contribution in [2.24, 2.45) is 5.73 Å². The topological polar surface area (TPSA) is 184 Å². The number of nitrogens with one attached hydrogen (secondary N) is 1. The summed E-state index contributed by atoms with van der Waals surface area (Å²) in [5.74, 6) is -3.44. The van der Waals surface area contributed by atoms with Crippen molar-refractivity contribution in [1.82, 2.24) is 5.32 Å². The third-order valence-corrected chi connectivity index (χ3v) is 8.84. The van der Waals surface area contributed by atoms with E-state index in [1.165, 1.54) is 27.4 Å². The molecule has 3 aromatic carbocycles. The van der Waals surface area contributed by atoms with Gasteiger partial charge in [0.15, 0.2) is 11.5 Å². The van der Waals surface area contributed by atoms with Crippen LogP contribution in [-0.2, 0) is 25.5 Å². The average molecular weight is 703 g/mol. The maximum absolute atomic E-state index is 13.8. The number of esters is 1. The number of ketones is 1. The number of ether oxygens (including phenoxy) is 4. The predicted molar refractivity (Wildman–Crippen MR) is 190 cm³/mol. The van der Waals surface area contributed by atoms with Crippen LogP contribution in [0.4, 0.5) is 0 Å². The number of fused-ring (bicyclic) bond motifs is 1. The number of hydrogen-bond acceptors (Lipinski definition) is 10. The van der Waals surface area contributed by atoms with Gasteiger partial charge in [-0.3, -0.25) is 14.4 Å². The molecule has 4 rings (SSSR count). The minimum atomic E-state index is -1.12. The van der Waals surface area contributed by atoms with Crippen molar-refractivity contribution in [2.75, 3.05) is 21.3 Å². The number of cyclic esters (lactones) is 1. The molecule has 0 saturated heterocycles. The van der Waals surface area contributed by atoms with Crippen LogP contribution in [0.25, 0.3) is 6.08 Å². The molecule has 3 aromatic rings. The molecule has 0 spiro atoms. The quantitative estimate of drug-likeness (QED) is 0.190. The lowest BCUT2D eigenvalue weighted by atomic mass is 9.84. The molecular formula is C39H46N2O10. The van der Waals surface area contributed by atoms with E-state index in [2.05, 4.69) is 5.32 Å². The number of carbonyl (C=O) groups is 4. The Balaban J connectivity index is 1.85. The van der Waals surface area contributed by atoms with E-state index in [-0.39, 0.29) is 46.1 Å². The van der Waals surface area contributed by atoms with Crippen LogP contribution in [0, 0.1) is 0 Å². The summed E-state index contributed by atoms with van der Waals surface area (Å²) in [6, 6.07) is 12.5. The van der Waals surface area contributed by atoms with Gasteiger partial charge in [-0.15, -0.1) is 0 Å². The Morgan fingerprint density at radius 1 is 0.980 bits per heavy atom. The van der Waals surface area contributed by atoms with Gasteiger partial charge < -0.3 is 40.2 Å². The highest BCUT2D eigenvalue weighted by molar-refractivity contribution is 5.98. The van der Waals surface area contributed by atoms with Crippen LogP contribution >= 0.6 is 0 Å². The second kappa shape index (κ2) is 17.9. The number of amides is 2. The summed E-state index contributed by atoms with van der Waals surface area (Å²) in [6.07, 6.45) is 5.40. The molecule has 5 N–H and O–H groups in total. The average Bonchev–Trinajstić information content (AvgIpc) is 3.09. The van der Waals surface area contributed by atoms with E-state index in [9.17, 15) is 29.4 Å². The zero-order chi connectivity index (χ0) is 37.1. The highest BCUT2D eigenvalue weighted by atomic mass is 16.5. The van der Waals surface area contributed by atoms with Crippen molar-refractivity contribution in [3.8, 4) is 28.7 Å². The number of rotatable bonds is 11. The van der Waals surface area contributed by atoms with Crippen LogP contribution in [0.5, 0.6) is 28.7 Å². The van der Waals surface area contributed by atoms with Gasteiger partial charge >= 0.3 is 5.97 Å². The van der Waals surface area contributed by atoms with Gasteiger partial charge in [-0.25, -0.2) is 4.79 Å². The Labute approximate surface area is 297 Å². The van der Waals surface area contributed by atoms with Gasteiger partial charge in [0, 0.05) is 37.2 Å². The molecule has 1 aliphatic heterocycles. The number of allylic oxidation sites excluding steroid dienone is 1. The van der Waals surface area contributed by atoms with Crippen molar-refractivity contribution >= 4 is 29.6 Å². The van der Waals surface area contributed by atoms with E-state index in [1.54, 1.807) is 55.5 Å². The third-order valence-electron chi connectivity index (χ3n) is 8.84. The molecule has 0 bridgehead atoms. The highest BCUT2D eigenvalue weighted by Gasteiger charge is 2.33. The molecule has 12 heteroatoms. The zero-order valence-electron chi connectivity index (χ0n) is 29.4. The van der Waals surface area contributed by atoms with Gasteiger partial charge in [-0.2, -0.15) is 0 Å². The van der Waals surface area contributed by atoms with Gasteiger partial charge in [-0.1, -0.05) is 42.5 Å². The molecule has 1 aliphatic rings. The molecule has 3 atom stereocenters. The molecule has 0 saturated carbocycles. The van der Waals surface area contributed by atoms with E-state index >= 15 is 0 Å². The molecule has 0 fully saturated rings.